The highest BCUT2D eigenvalue weighted by molar-refractivity contribution is 9.10. The summed E-state index contributed by atoms with van der Waals surface area (Å²) in [5.41, 5.74) is 2.56. The fourth-order valence-electron chi connectivity index (χ4n) is 2.47. The van der Waals surface area contributed by atoms with Crippen LogP contribution in [0.5, 0.6) is 5.75 Å². The fourth-order valence-corrected chi connectivity index (χ4v) is 2.92. The van der Waals surface area contributed by atoms with Crippen molar-refractivity contribution in [2.24, 2.45) is 0 Å². The van der Waals surface area contributed by atoms with Gasteiger partial charge in [-0.25, -0.2) is 0 Å². The minimum atomic E-state index is 0.0730. The van der Waals surface area contributed by atoms with Gasteiger partial charge >= 0.3 is 0 Å². The molecule has 2 aromatic carbocycles. The number of benzene rings is 2. The fraction of sp³-hybridized carbons (Fsp3) is 0.118. The minimum absolute atomic E-state index is 0.0730. The topological polar surface area (TPSA) is 42.1 Å². The number of Topliss-reactive ketones (excluding diaryl/α,β-unsaturated/α-hetero) is 1. The Hall–Kier alpha value is -2.07. The van der Waals surface area contributed by atoms with Crippen LogP contribution in [0.3, 0.4) is 0 Å². The number of aromatic nitrogens is 1. The minimum Gasteiger partial charge on any atom is -0.496 e. The summed E-state index contributed by atoms with van der Waals surface area (Å²) in [7, 11) is 1.62. The summed E-state index contributed by atoms with van der Waals surface area (Å²) in [6.45, 7) is 0. The molecule has 0 aliphatic carbocycles. The molecule has 21 heavy (non-hydrogen) atoms. The third-order valence-corrected chi connectivity index (χ3v) is 3.93. The van der Waals surface area contributed by atoms with Gasteiger partial charge in [0.05, 0.1) is 12.5 Å². The van der Waals surface area contributed by atoms with Crippen LogP contribution in [-0.2, 0) is 6.42 Å². The van der Waals surface area contributed by atoms with Gasteiger partial charge in [0, 0.05) is 28.2 Å². The number of H-pyrrole nitrogens is 1. The van der Waals surface area contributed by atoms with Crippen LogP contribution in [0.2, 0.25) is 0 Å². The Morgan fingerprint density at radius 1 is 1.24 bits per heavy atom. The zero-order chi connectivity index (χ0) is 14.8. The van der Waals surface area contributed by atoms with Gasteiger partial charge in [-0.2, -0.15) is 0 Å². The van der Waals surface area contributed by atoms with Crippen molar-refractivity contribution in [1.82, 2.24) is 4.98 Å². The molecular formula is C17H14BrNO2. The van der Waals surface area contributed by atoms with Gasteiger partial charge in [0.2, 0.25) is 0 Å². The smallest absolute Gasteiger partial charge is 0.169 e. The first kappa shape index (κ1) is 13.9. The van der Waals surface area contributed by atoms with Gasteiger partial charge in [0.15, 0.2) is 5.78 Å². The zero-order valence-corrected chi connectivity index (χ0v) is 13.1. The van der Waals surface area contributed by atoms with E-state index in [9.17, 15) is 4.79 Å². The number of fused-ring (bicyclic) bond motifs is 1. The molecule has 1 aromatic heterocycles. The van der Waals surface area contributed by atoms with E-state index < -0.39 is 0 Å². The number of ether oxygens (including phenoxy) is 1. The number of methoxy groups -OCH3 is 1. The maximum absolute atomic E-state index is 12.6. The summed E-state index contributed by atoms with van der Waals surface area (Å²) >= 11 is 3.43. The van der Waals surface area contributed by atoms with Crippen LogP contribution in [0, 0.1) is 0 Å². The molecule has 0 atom stereocenters. The highest BCUT2D eigenvalue weighted by Crippen LogP contribution is 2.29. The van der Waals surface area contributed by atoms with Crippen LogP contribution >= 0.6 is 15.9 Å². The van der Waals surface area contributed by atoms with Gasteiger partial charge in [-0.1, -0.05) is 34.1 Å². The number of aromatic amines is 1. The Bertz CT molecular complexity index is 807. The van der Waals surface area contributed by atoms with Crippen molar-refractivity contribution in [3.8, 4) is 5.75 Å². The average Bonchev–Trinajstić information content (AvgIpc) is 2.91. The number of ketones is 1. The number of carbonyl (C=O) groups excluding carboxylic acids is 1. The number of rotatable bonds is 4. The highest BCUT2D eigenvalue weighted by Gasteiger charge is 2.16. The molecule has 0 radical (unpaired) electrons. The maximum atomic E-state index is 12.6. The van der Waals surface area contributed by atoms with Crippen LogP contribution in [0.1, 0.15) is 15.9 Å². The summed E-state index contributed by atoms with van der Waals surface area (Å²) in [5, 5.41) is 0.847. The van der Waals surface area contributed by atoms with Gasteiger partial charge in [-0.05, 0) is 29.8 Å². The molecule has 3 nitrogen and oxygen atoms in total. The van der Waals surface area contributed by atoms with Crippen molar-refractivity contribution in [2.75, 3.05) is 7.11 Å². The lowest BCUT2D eigenvalue weighted by atomic mass is 10.0. The molecule has 1 N–H and O–H groups in total. The first-order valence-corrected chi connectivity index (χ1v) is 7.40. The summed E-state index contributed by atoms with van der Waals surface area (Å²) in [5.74, 6) is 0.787. The van der Waals surface area contributed by atoms with Crippen molar-refractivity contribution in [3.63, 3.8) is 0 Å². The third-order valence-electron chi connectivity index (χ3n) is 3.44. The predicted molar refractivity (Wildman–Crippen MR) is 87.0 cm³/mol. The second-order valence-electron chi connectivity index (χ2n) is 4.82. The largest absolute Gasteiger partial charge is 0.496 e. The lowest BCUT2D eigenvalue weighted by molar-refractivity contribution is 0.0994. The number of halogens is 1. The van der Waals surface area contributed by atoms with E-state index in [0.29, 0.717) is 17.7 Å². The van der Waals surface area contributed by atoms with Crippen molar-refractivity contribution in [1.29, 1.82) is 0 Å². The molecule has 0 fully saturated rings. The van der Waals surface area contributed by atoms with Crippen molar-refractivity contribution in [2.45, 2.75) is 6.42 Å². The van der Waals surface area contributed by atoms with Crippen LogP contribution in [-0.4, -0.2) is 17.9 Å². The molecule has 4 heteroatoms. The Balaban J connectivity index is 1.98. The van der Waals surface area contributed by atoms with Crippen molar-refractivity contribution < 1.29 is 9.53 Å². The molecule has 3 rings (SSSR count). The van der Waals surface area contributed by atoms with E-state index in [-0.39, 0.29) is 5.78 Å². The molecule has 0 aliphatic rings. The molecule has 0 saturated carbocycles. The van der Waals surface area contributed by atoms with E-state index in [0.717, 1.165) is 20.9 Å². The maximum Gasteiger partial charge on any atom is 0.169 e. The molecule has 0 amide bonds. The van der Waals surface area contributed by atoms with Gasteiger partial charge in [0.25, 0.3) is 0 Å². The first-order chi connectivity index (χ1) is 10.2. The van der Waals surface area contributed by atoms with Gasteiger partial charge < -0.3 is 9.72 Å². The van der Waals surface area contributed by atoms with Crippen molar-refractivity contribution in [3.05, 3.63) is 64.3 Å². The van der Waals surface area contributed by atoms with Crippen LogP contribution in [0.15, 0.2) is 53.1 Å². The molecule has 0 aliphatic heterocycles. The van der Waals surface area contributed by atoms with E-state index in [1.54, 1.807) is 13.3 Å². The SMILES string of the molecule is COc1cccc2[nH]cc(C(=O)Cc3cccc(Br)c3)c12. The third kappa shape index (κ3) is 2.72. The molecule has 0 unspecified atom stereocenters. The molecule has 106 valence electrons. The number of nitrogens with one attached hydrogen (secondary N) is 1. The van der Waals surface area contributed by atoms with Gasteiger partial charge in [0.1, 0.15) is 5.75 Å². The number of carbonyl (C=O) groups is 1. The van der Waals surface area contributed by atoms with Crippen LogP contribution < -0.4 is 4.74 Å². The Kier molecular flexibility index (Phi) is 3.80. The molecule has 1 heterocycles. The average molecular weight is 344 g/mol. The molecule has 0 bridgehead atoms. The Morgan fingerprint density at radius 3 is 2.81 bits per heavy atom. The second kappa shape index (κ2) is 5.74. The van der Waals surface area contributed by atoms with Crippen molar-refractivity contribution >= 4 is 32.6 Å². The quantitative estimate of drug-likeness (QED) is 0.715. The lowest BCUT2D eigenvalue weighted by Gasteiger charge is -2.05. The van der Waals surface area contributed by atoms with Crippen LogP contribution in [0.25, 0.3) is 10.9 Å². The van der Waals surface area contributed by atoms with Gasteiger partial charge in [-0.15, -0.1) is 0 Å². The predicted octanol–water partition coefficient (Wildman–Crippen LogP) is 4.36. The summed E-state index contributed by atoms with van der Waals surface area (Å²) < 4.78 is 6.34. The molecule has 0 saturated heterocycles. The van der Waals surface area contributed by atoms with Crippen LogP contribution in [0.4, 0.5) is 0 Å². The molecular weight excluding hydrogens is 330 g/mol. The number of hydrogen-bond donors (Lipinski definition) is 1. The molecule has 3 aromatic rings. The molecule has 0 spiro atoms. The highest BCUT2D eigenvalue weighted by atomic mass is 79.9. The summed E-state index contributed by atoms with van der Waals surface area (Å²) in [6.07, 6.45) is 2.12. The summed E-state index contributed by atoms with van der Waals surface area (Å²) in [4.78, 5) is 15.7. The normalized spacial score (nSPS) is 10.8. The van der Waals surface area contributed by atoms with E-state index in [4.69, 9.17) is 4.74 Å². The van der Waals surface area contributed by atoms with E-state index in [2.05, 4.69) is 20.9 Å². The Morgan fingerprint density at radius 2 is 2.05 bits per heavy atom. The zero-order valence-electron chi connectivity index (χ0n) is 11.5. The number of hydrogen-bond acceptors (Lipinski definition) is 2. The van der Waals surface area contributed by atoms with E-state index >= 15 is 0 Å². The monoisotopic (exact) mass is 343 g/mol. The van der Waals surface area contributed by atoms with E-state index in [1.807, 2.05) is 42.5 Å². The Labute approximate surface area is 131 Å². The summed E-state index contributed by atoms with van der Waals surface area (Å²) in [6, 6.07) is 13.5. The van der Waals surface area contributed by atoms with Gasteiger partial charge in [-0.3, -0.25) is 4.79 Å². The first-order valence-electron chi connectivity index (χ1n) is 6.61. The second-order valence-corrected chi connectivity index (χ2v) is 5.73. The van der Waals surface area contributed by atoms with E-state index in [1.165, 1.54) is 0 Å². The lowest BCUT2D eigenvalue weighted by Crippen LogP contribution is -2.03. The standard InChI is InChI=1S/C17H14BrNO2/c1-21-16-7-3-6-14-17(16)13(10-19-14)15(20)9-11-4-2-5-12(18)8-11/h2-8,10,19H,9H2,1H3.